The van der Waals surface area contributed by atoms with Gasteiger partial charge in [0.2, 0.25) is 5.91 Å². The summed E-state index contributed by atoms with van der Waals surface area (Å²) >= 11 is 0. The number of nitrogens with one attached hydrogen (secondary N) is 1. The van der Waals surface area contributed by atoms with Crippen LogP contribution >= 0.6 is 0 Å². The summed E-state index contributed by atoms with van der Waals surface area (Å²) in [4.78, 5) is 30.7. The van der Waals surface area contributed by atoms with Crippen LogP contribution < -0.4 is 10.1 Å². The quantitative estimate of drug-likeness (QED) is 0.499. The van der Waals surface area contributed by atoms with Gasteiger partial charge in [-0.05, 0) is 60.4 Å². The molecular weight excluding hydrogens is 517 g/mol. The number of carbonyl (C=O) groups excluding carboxylic acids is 2. The Hall–Kier alpha value is -2.79. The predicted molar refractivity (Wildman–Crippen MR) is 151 cm³/mol. The van der Waals surface area contributed by atoms with Crippen LogP contribution in [0.4, 0.5) is 10.1 Å². The van der Waals surface area contributed by atoms with Crippen molar-refractivity contribution >= 4 is 25.8 Å². The molecular formula is C29H40FN3O5Si. The topological polar surface area (TPSA) is 91.3 Å². The maximum absolute atomic E-state index is 14.8. The number of likely N-dealkylation sites (tertiary alicyclic amines) is 1. The molecule has 2 aromatic rings. The van der Waals surface area contributed by atoms with Gasteiger partial charge in [-0.25, -0.2) is 4.39 Å². The first-order valence-corrected chi connectivity index (χ1v) is 16.1. The molecule has 212 valence electrons. The summed E-state index contributed by atoms with van der Waals surface area (Å²) in [5.74, 6) is -0.786. The molecule has 0 radical (unpaired) electrons. The third-order valence-corrected chi connectivity index (χ3v) is 12.9. The van der Waals surface area contributed by atoms with E-state index in [-0.39, 0.29) is 23.9 Å². The van der Waals surface area contributed by atoms with Gasteiger partial charge in [-0.3, -0.25) is 14.5 Å². The zero-order valence-electron chi connectivity index (χ0n) is 24.1. The molecule has 2 aliphatic heterocycles. The Bertz CT molecular complexity index is 1280. The fourth-order valence-electron chi connectivity index (χ4n) is 5.29. The number of aliphatic hydroxyl groups excluding tert-OH is 1. The smallest absolute Gasteiger partial charge is 0.254 e. The minimum Gasteiger partial charge on any atom is -0.496 e. The van der Waals surface area contributed by atoms with E-state index in [1.807, 2.05) is 12.1 Å². The Morgan fingerprint density at radius 3 is 2.51 bits per heavy atom. The fourth-order valence-corrected chi connectivity index (χ4v) is 6.25. The van der Waals surface area contributed by atoms with Crippen molar-refractivity contribution in [3.8, 4) is 5.75 Å². The van der Waals surface area contributed by atoms with E-state index in [4.69, 9.17) is 9.16 Å². The largest absolute Gasteiger partial charge is 0.496 e. The molecule has 8 nitrogen and oxygen atoms in total. The molecule has 2 amide bonds. The molecule has 0 spiro atoms. The maximum atomic E-state index is 14.8. The average molecular weight is 558 g/mol. The highest BCUT2D eigenvalue weighted by atomic mass is 28.4. The van der Waals surface area contributed by atoms with Crippen molar-refractivity contribution in [1.82, 2.24) is 9.80 Å². The number of ether oxygens (including phenoxy) is 1. The van der Waals surface area contributed by atoms with Gasteiger partial charge in [0.1, 0.15) is 11.6 Å². The Morgan fingerprint density at radius 2 is 1.90 bits per heavy atom. The molecule has 1 saturated heterocycles. The highest BCUT2D eigenvalue weighted by Gasteiger charge is 2.59. The number of fused-ring (bicyclic) bond motifs is 1. The Morgan fingerprint density at radius 1 is 1.21 bits per heavy atom. The van der Waals surface area contributed by atoms with E-state index in [0.717, 1.165) is 5.56 Å². The zero-order chi connectivity index (χ0) is 28.9. The van der Waals surface area contributed by atoms with E-state index in [1.165, 1.54) is 30.2 Å². The molecule has 39 heavy (non-hydrogen) atoms. The van der Waals surface area contributed by atoms with Crippen LogP contribution in [0.1, 0.15) is 43.9 Å². The SMILES string of the molecule is COc1ccc(CO[Si](C)(C)C(C)(C)C)cc1C1(N2C[C@H](O)C[C@H]2C(=O)N(C)C)C(=O)Nc2ccc(F)cc21. The minimum absolute atomic E-state index is 0.0107. The van der Waals surface area contributed by atoms with Gasteiger partial charge in [-0.15, -0.1) is 0 Å². The Kier molecular flexibility index (Phi) is 7.72. The van der Waals surface area contributed by atoms with Gasteiger partial charge in [-0.1, -0.05) is 26.8 Å². The molecule has 2 N–H and O–H groups in total. The molecule has 2 aromatic carbocycles. The summed E-state index contributed by atoms with van der Waals surface area (Å²) in [5, 5.41) is 13.7. The van der Waals surface area contributed by atoms with Gasteiger partial charge >= 0.3 is 0 Å². The zero-order valence-corrected chi connectivity index (χ0v) is 25.1. The molecule has 4 rings (SSSR count). The number of β-amino-alcohol motifs (C(OH)–C–C–N with tert-alkyl or cyclic N) is 1. The molecule has 1 unspecified atom stereocenters. The number of hydrogen-bond donors (Lipinski definition) is 2. The number of aliphatic hydroxyl groups is 1. The van der Waals surface area contributed by atoms with Crippen molar-refractivity contribution in [3.63, 3.8) is 0 Å². The highest BCUT2D eigenvalue weighted by Crippen LogP contribution is 2.51. The number of hydrogen-bond acceptors (Lipinski definition) is 6. The lowest BCUT2D eigenvalue weighted by atomic mass is 9.80. The van der Waals surface area contributed by atoms with E-state index in [1.54, 1.807) is 25.1 Å². The van der Waals surface area contributed by atoms with E-state index in [0.29, 0.717) is 29.2 Å². The monoisotopic (exact) mass is 557 g/mol. The molecule has 0 aromatic heterocycles. The molecule has 1 fully saturated rings. The Balaban J connectivity index is 1.94. The molecule has 3 atom stereocenters. The summed E-state index contributed by atoms with van der Waals surface area (Å²) in [7, 11) is 2.71. The lowest BCUT2D eigenvalue weighted by molar-refractivity contribution is -0.138. The average Bonchev–Trinajstić information content (AvgIpc) is 3.38. The second kappa shape index (κ2) is 10.3. The summed E-state index contributed by atoms with van der Waals surface area (Å²) in [5.41, 5.74) is 0.489. The molecule has 0 bridgehead atoms. The van der Waals surface area contributed by atoms with E-state index >= 15 is 0 Å². The van der Waals surface area contributed by atoms with Gasteiger partial charge in [-0.2, -0.15) is 0 Å². The number of methoxy groups -OCH3 is 1. The first-order chi connectivity index (χ1) is 18.1. The van der Waals surface area contributed by atoms with Crippen molar-refractivity contribution in [2.24, 2.45) is 0 Å². The molecule has 0 aliphatic carbocycles. The van der Waals surface area contributed by atoms with E-state index in [9.17, 15) is 19.1 Å². The second-order valence-electron chi connectivity index (χ2n) is 12.2. The van der Waals surface area contributed by atoms with Crippen molar-refractivity contribution < 1.29 is 28.2 Å². The number of amides is 2. The van der Waals surface area contributed by atoms with Crippen LogP contribution in [0, 0.1) is 5.82 Å². The third kappa shape index (κ3) is 4.99. The van der Waals surface area contributed by atoms with Gasteiger partial charge in [0.25, 0.3) is 5.91 Å². The number of rotatable bonds is 7. The summed E-state index contributed by atoms with van der Waals surface area (Å²) in [6.45, 7) is 11.2. The van der Waals surface area contributed by atoms with Crippen LogP contribution in [0.15, 0.2) is 36.4 Å². The molecule has 10 heteroatoms. The molecule has 0 saturated carbocycles. The van der Waals surface area contributed by atoms with Crippen LogP contribution in [0.5, 0.6) is 5.75 Å². The van der Waals surface area contributed by atoms with Crippen LogP contribution in [0.2, 0.25) is 18.1 Å². The minimum atomic E-state index is -2.08. The normalized spacial score (nSPS) is 23.5. The number of benzene rings is 2. The van der Waals surface area contributed by atoms with Crippen molar-refractivity contribution in [1.29, 1.82) is 0 Å². The van der Waals surface area contributed by atoms with Crippen LogP contribution in [-0.2, 0) is 26.2 Å². The molecule has 2 heterocycles. The maximum Gasteiger partial charge on any atom is 0.254 e. The van der Waals surface area contributed by atoms with Crippen LogP contribution in [0.3, 0.4) is 0 Å². The Labute approximate surface area is 231 Å². The van der Waals surface area contributed by atoms with Gasteiger partial charge in [0.15, 0.2) is 13.9 Å². The standard InChI is InChI=1S/C29H40FN3O5Si/c1-28(2,3)39(7,8)38-17-18-9-12-25(37-6)22(13-18)29(21-14-19(30)10-11-23(21)31-27(29)36)33-16-20(34)15-24(33)26(35)32(4)5/h9-14,20,24,34H,15-17H2,1-8H3,(H,31,36)/t20-,24+,29?/m1/s1. The van der Waals surface area contributed by atoms with Crippen molar-refractivity contribution in [2.45, 2.75) is 69.6 Å². The van der Waals surface area contributed by atoms with E-state index < -0.39 is 37.7 Å². The number of nitrogens with zero attached hydrogens (tertiary/aromatic N) is 2. The first-order valence-electron chi connectivity index (χ1n) is 13.2. The predicted octanol–water partition coefficient (Wildman–Crippen LogP) is 4.08. The first kappa shape index (κ1) is 29.2. The van der Waals surface area contributed by atoms with Crippen LogP contribution in [0.25, 0.3) is 0 Å². The lowest BCUT2D eigenvalue weighted by Gasteiger charge is -2.42. The summed E-state index contributed by atoms with van der Waals surface area (Å²) in [6.07, 6.45) is -0.704. The fraction of sp³-hybridized carbons (Fsp3) is 0.517. The lowest BCUT2D eigenvalue weighted by Crippen LogP contribution is -2.57. The van der Waals surface area contributed by atoms with Crippen molar-refractivity contribution in [2.75, 3.05) is 33.1 Å². The number of carbonyl (C=O) groups is 2. The third-order valence-electron chi connectivity index (χ3n) is 8.44. The van der Waals surface area contributed by atoms with Gasteiger partial charge in [0.05, 0.1) is 25.9 Å². The summed E-state index contributed by atoms with van der Waals surface area (Å²) < 4.78 is 27.0. The number of likely N-dealkylation sites (N-methyl/N-ethyl adjacent to an activating group) is 1. The van der Waals surface area contributed by atoms with Gasteiger partial charge in [0, 0.05) is 37.5 Å². The highest BCUT2D eigenvalue weighted by molar-refractivity contribution is 6.74. The van der Waals surface area contributed by atoms with Gasteiger partial charge < -0.3 is 24.5 Å². The number of anilines is 1. The number of halogens is 1. The van der Waals surface area contributed by atoms with E-state index in [2.05, 4.69) is 39.2 Å². The summed E-state index contributed by atoms with van der Waals surface area (Å²) in [6, 6.07) is 8.85. The van der Waals surface area contributed by atoms with Crippen molar-refractivity contribution in [3.05, 3.63) is 58.9 Å². The van der Waals surface area contributed by atoms with Crippen LogP contribution in [-0.4, -0.2) is 74.9 Å². The molecule has 2 aliphatic rings. The second-order valence-corrected chi connectivity index (χ2v) is 17.0.